The van der Waals surface area contributed by atoms with E-state index in [9.17, 15) is 9.59 Å². The first-order chi connectivity index (χ1) is 6.02. The zero-order chi connectivity index (χ0) is 10.0. The first kappa shape index (κ1) is 9.70. The van der Waals surface area contributed by atoms with E-state index in [0.717, 1.165) is 0 Å². The maximum atomic E-state index is 11.3. The van der Waals surface area contributed by atoms with Crippen molar-refractivity contribution in [2.75, 3.05) is 19.6 Å². The number of carbonyl (C=O) groups excluding carboxylic acids is 2. The molecule has 1 heterocycles. The molecule has 0 unspecified atom stereocenters. The van der Waals surface area contributed by atoms with Gasteiger partial charge in [-0.1, -0.05) is 0 Å². The van der Waals surface area contributed by atoms with Crippen LogP contribution in [0, 0.1) is 12.3 Å². The van der Waals surface area contributed by atoms with Crippen LogP contribution < -0.4 is 0 Å². The monoisotopic (exact) mass is 182 g/mol. The molecule has 0 aromatic rings. The van der Waals surface area contributed by atoms with Gasteiger partial charge in [0, 0.05) is 26.9 Å². The largest absolute Gasteiger partial charge is 0.349 e. The quantitative estimate of drug-likeness (QED) is 0.405. The van der Waals surface area contributed by atoms with E-state index in [1.165, 1.54) is 11.8 Å². The summed E-state index contributed by atoms with van der Waals surface area (Å²) >= 11 is 0. The molecule has 1 radical (unpaired) electrons. The zero-order valence-electron chi connectivity index (χ0n) is 7.54. The Kier molecular flexibility index (Phi) is 2.65. The first-order valence-electron chi connectivity index (χ1n) is 3.98. The lowest BCUT2D eigenvalue weighted by molar-refractivity contribution is -0.146. The van der Waals surface area contributed by atoms with Gasteiger partial charge in [0.15, 0.2) is 0 Å². The molecule has 13 heavy (non-hydrogen) atoms. The van der Waals surface area contributed by atoms with Crippen LogP contribution in [0.25, 0.3) is 0 Å². The molecule has 1 saturated heterocycles. The Morgan fingerprint density at radius 1 is 1.54 bits per heavy atom. The fourth-order valence-corrected chi connectivity index (χ4v) is 1.24. The van der Waals surface area contributed by atoms with E-state index >= 15 is 0 Å². The second-order valence-corrected chi connectivity index (χ2v) is 2.93. The molecule has 71 valence electrons. The summed E-state index contributed by atoms with van der Waals surface area (Å²) in [5, 5.41) is 7.21. The fourth-order valence-electron chi connectivity index (χ4n) is 1.24. The third-order valence-corrected chi connectivity index (χ3v) is 1.98. The number of imide groups is 1. The number of nitrogens with zero attached hydrogens (tertiary/aromatic N) is 2. The van der Waals surface area contributed by atoms with E-state index in [1.54, 1.807) is 4.90 Å². The lowest BCUT2D eigenvalue weighted by Gasteiger charge is -2.32. The highest BCUT2D eigenvalue weighted by atomic mass is 16.2. The molecule has 0 aromatic heterocycles. The molecule has 0 atom stereocenters. The molecule has 0 aliphatic carbocycles. The van der Waals surface area contributed by atoms with Crippen LogP contribution in [-0.2, 0) is 9.59 Å². The van der Waals surface area contributed by atoms with Crippen molar-refractivity contribution in [3.63, 3.8) is 0 Å². The van der Waals surface area contributed by atoms with Gasteiger partial charge >= 0.3 is 0 Å². The maximum Gasteiger partial charge on any atom is 0.248 e. The summed E-state index contributed by atoms with van der Waals surface area (Å²) in [6.07, 6.45) is 0. The van der Waals surface area contributed by atoms with E-state index in [-0.39, 0.29) is 24.2 Å². The number of piperazine rings is 1. The zero-order valence-corrected chi connectivity index (χ0v) is 7.54. The van der Waals surface area contributed by atoms with E-state index in [4.69, 9.17) is 5.41 Å². The molecule has 5 nitrogen and oxygen atoms in total. The Balaban J connectivity index is 2.62. The normalized spacial score (nSPS) is 17.5. The summed E-state index contributed by atoms with van der Waals surface area (Å²) in [4.78, 5) is 24.9. The van der Waals surface area contributed by atoms with Crippen molar-refractivity contribution < 1.29 is 9.59 Å². The first-order valence-corrected chi connectivity index (χ1v) is 3.98. The molecule has 1 rings (SSSR count). The van der Waals surface area contributed by atoms with E-state index < -0.39 is 0 Å². The van der Waals surface area contributed by atoms with Crippen LogP contribution in [0.1, 0.15) is 6.92 Å². The van der Waals surface area contributed by atoms with Crippen LogP contribution >= 0.6 is 0 Å². The Morgan fingerprint density at radius 3 is 2.54 bits per heavy atom. The number of amidine groups is 1. The Morgan fingerprint density at radius 2 is 2.15 bits per heavy atom. The summed E-state index contributed by atoms with van der Waals surface area (Å²) in [7, 11) is 0. The highest BCUT2D eigenvalue weighted by Crippen LogP contribution is 2.03. The van der Waals surface area contributed by atoms with Gasteiger partial charge in [0.1, 0.15) is 0 Å². The summed E-state index contributed by atoms with van der Waals surface area (Å²) < 4.78 is 0. The van der Waals surface area contributed by atoms with Gasteiger partial charge in [0.25, 0.3) is 0 Å². The van der Waals surface area contributed by atoms with Crippen LogP contribution in [0.2, 0.25) is 0 Å². The minimum atomic E-state index is -0.257. The van der Waals surface area contributed by atoms with Gasteiger partial charge < -0.3 is 4.90 Å². The van der Waals surface area contributed by atoms with Crippen molar-refractivity contribution in [1.82, 2.24) is 9.80 Å². The number of hydrogen-bond acceptors (Lipinski definition) is 3. The standard InChI is InChI=1S/C8H12N3O2/c1-6(9)10-3-4-11(7(2)12)8(13)5-10/h9H,1,3-5H2,2H3. The van der Waals surface area contributed by atoms with Crippen molar-refractivity contribution in [2.45, 2.75) is 6.92 Å². The second-order valence-electron chi connectivity index (χ2n) is 2.93. The summed E-state index contributed by atoms with van der Waals surface area (Å²) in [5.41, 5.74) is 0. The van der Waals surface area contributed by atoms with Crippen LogP contribution in [0.3, 0.4) is 0 Å². The molecule has 1 N–H and O–H groups in total. The number of hydrogen-bond donors (Lipinski definition) is 1. The molecule has 1 aliphatic heterocycles. The van der Waals surface area contributed by atoms with Gasteiger partial charge in [-0.25, -0.2) is 0 Å². The number of amides is 2. The number of rotatable bonds is 0. The van der Waals surface area contributed by atoms with Gasteiger partial charge in [-0.05, 0) is 0 Å². The predicted molar refractivity (Wildman–Crippen MR) is 47.1 cm³/mol. The summed E-state index contributed by atoms with van der Waals surface area (Å²) in [6.45, 7) is 5.73. The molecule has 2 amide bonds. The van der Waals surface area contributed by atoms with E-state index in [0.29, 0.717) is 13.1 Å². The van der Waals surface area contributed by atoms with Gasteiger partial charge in [-0.15, -0.1) is 0 Å². The van der Waals surface area contributed by atoms with Gasteiger partial charge in [0.2, 0.25) is 11.8 Å². The molecular weight excluding hydrogens is 170 g/mol. The van der Waals surface area contributed by atoms with E-state index in [1.807, 2.05) is 0 Å². The molecule has 5 heteroatoms. The number of nitrogens with one attached hydrogen (secondary N) is 1. The van der Waals surface area contributed by atoms with Crippen LogP contribution in [0.15, 0.2) is 0 Å². The van der Waals surface area contributed by atoms with Crippen LogP contribution in [-0.4, -0.2) is 47.1 Å². The summed E-state index contributed by atoms with van der Waals surface area (Å²) in [5.74, 6) is -0.371. The smallest absolute Gasteiger partial charge is 0.248 e. The molecule has 1 aliphatic rings. The topological polar surface area (TPSA) is 64.5 Å². The van der Waals surface area contributed by atoms with Gasteiger partial charge in [-0.3, -0.25) is 19.9 Å². The van der Waals surface area contributed by atoms with Gasteiger partial charge in [-0.2, -0.15) is 0 Å². The lowest BCUT2D eigenvalue weighted by Crippen LogP contribution is -2.53. The maximum absolute atomic E-state index is 11.3. The number of carbonyl (C=O) groups is 2. The Hall–Kier alpha value is -1.39. The van der Waals surface area contributed by atoms with Crippen molar-refractivity contribution in [2.24, 2.45) is 0 Å². The van der Waals surface area contributed by atoms with Crippen molar-refractivity contribution in [1.29, 1.82) is 5.41 Å². The molecule has 1 fully saturated rings. The van der Waals surface area contributed by atoms with E-state index in [2.05, 4.69) is 6.92 Å². The molecular formula is C8H12N3O2. The highest BCUT2D eigenvalue weighted by molar-refractivity contribution is 5.98. The average Bonchev–Trinajstić information content (AvgIpc) is 2.03. The van der Waals surface area contributed by atoms with Crippen LogP contribution in [0.5, 0.6) is 0 Å². The van der Waals surface area contributed by atoms with Crippen molar-refractivity contribution >= 4 is 17.6 Å². The Labute approximate surface area is 76.8 Å². The third kappa shape index (κ3) is 2.05. The second kappa shape index (κ2) is 3.55. The van der Waals surface area contributed by atoms with Crippen molar-refractivity contribution in [3.8, 4) is 0 Å². The minimum Gasteiger partial charge on any atom is -0.349 e. The van der Waals surface area contributed by atoms with Crippen molar-refractivity contribution in [3.05, 3.63) is 6.92 Å². The SMILES string of the molecule is [CH2]C(=N)N1CCN(C(C)=O)C(=O)C1. The van der Waals surface area contributed by atoms with Gasteiger partial charge in [0.05, 0.1) is 12.4 Å². The summed E-state index contributed by atoms with van der Waals surface area (Å²) in [6, 6.07) is 0. The average molecular weight is 182 g/mol. The molecule has 0 bridgehead atoms. The molecule has 0 aromatic carbocycles. The Bertz CT molecular complexity index is 262. The minimum absolute atomic E-state index is 0.0852. The lowest BCUT2D eigenvalue weighted by atomic mass is 10.3. The fraction of sp³-hybridized carbons (Fsp3) is 0.500. The predicted octanol–water partition coefficient (Wildman–Crippen LogP) is -0.512. The molecule has 0 saturated carbocycles. The third-order valence-electron chi connectivity index (χ3n) is 1.98. The molecule has 0 spiro atoms. The highest BCUT2D eigenvalue weighted by Gasteiger charge is 2.26. The van der Waals surface area contributed by atoms with Crippen LogP contribution in [0.4, 0.5) is 0 Å².